The fourth-order valence-corrected chi connectivity index (χ4v) is 1.04. The van der Waals surface area contributed by atoms with Crippen LogP contribution >= 0.6 is 0 Å². The molecule has 0 aliphatic heterocycles. The van der Waals surface area contributed by atoms with Gasteiger partial charge in [0.1, 0.15) is 11.6 Å². The molecule has 1 aromatic rings. The molecule has 15 heavy (non-hydrogen) atoms. The SMILES string of the molecule is CN(C)CCNc1cc(NN)nc(N)n1. The van der Waals surface area contributed by atoms with Gasteiger partial charge in [-0.15, -0.1) is 0 Å². The van der Waals surface area contributed by atoms with Crippen LogP contribution in [0.25, 0.3) is 0 Å². The molecule has 0 spiro atoms. The predicted octanol–water partition coefficient (Wildman–Crippen LogP) is -0.682. The molecule has 0 bridgehead atoms. The first-order chi connectivity index (χ1) is 7.11. The van der Waals surface area contributed by atoms with E-state index in [0.29, 0.717) is 11.6 Å². The lowest BCUT2D eigenvalue weighted by Gasteiger charge is -2.11. The molecule has 0 aliphatic rings. The van der Waals surface area contributed by atoms with E-state index in [4.69, 9.17) is 11.6 Å². The van der Waals surface area contributed by atoms with Gasteiger partial charge in [0.05, 0.1) is 0 Å². The molecule has 0 radical (unpaired) electrons. The van der Waals surface area contributed by atoms with Crippen molar-refractivity contribution < 1.29 is 0 Å². The minimum Gasteiger partial charge on any atom is -0.369 e. The second-order valence-electron chi connectivity index (χ2n) is 3.37. The van der Waals surface area contributed by atoms with Gasteiger partial charge in [-0.25, -0.2) is 5.84 Å². The van der Waals surface area contributed by atoms with Crippen LogP contribution in [0.4, 0.5) is 17.6 Å². The summed E-state index contributed by atoms with van der Waals surface area (Å²) in [6.07, 6.45) is 0. The lowest BCUT2D eigenvalue weighted by molar-refractivity contribution is 0.425. The van der Waals surface area contributed by atoms with Gasteiger partial charge in [0.15, 0.2) is 0 Å². The Morgan fingerprint density at radius 3 is 2.60 bits per heavy atom. The number of hydrogen-bond donors (Lipinski definition) is 4. The summed E-state index contributed by atoms with van der Waals surface area (Å²) < 4.78 is 0. The van der Waals surface area contributed by atoms with Gasteiger partial charge in [-0.1, -0.05) is 0 Å². The molecule has 0 aromatic carbocycles. The number of nitrogens with zero attached hydrogens (tertiary/aromatic N) is 3. The van der Waals surface area contributed by atoms with E-state index in [0.717, 1.165) is 13.1 Å². The normalized spacial score (nSPS) is 10.4. The van der Waals surface area contributed by atoms with Crippen LogP contribution in [0.2, 0.25) is 0 Å². The van der Waals surface area contributed by atoms with Crippen molar-refractivity contribution >= 4 is 17.6 Å². The van der Waals surface area contributed by atoms with Gasteiger partial charge in [-0.3, -0.25) is 0 Å². The summed E-state index contributed by atoms with van der Waals surface area (Å²) in [7, 11) is 4.01. The Morgan fingerprint density at radius 1 is 1.33 bits per heavy atom. The molecule has 1 rings (SSSR count). The molecule has 0 atom stereocenters. The van der Waals surface area contributed by atoms with Crippen molar-refractivity contribution in [2.75, 3.05) is 43.7 Å². The second kappa shape index (κ2) is 5.32. The molecule has 6 N–H and O–H groups in total. The third kappa shape index (κ3) is 3.96. The van der Waals surface area contributed by atoms with Crippen LogP contribution in [0.15, 0.2) is 6.07 Å². The molecule has 0 saturated carbocycles. The van der Waals surface area contributed by atoms with Crippen LogP contribution < -0.4 is 22.3 Å². The molecule has 0 fully saturated rings. The maximum Gasteiger partial charge on any atom is 0.223 e. The Labute approximate surface area is 88.8 Å². The zero-order valence-corrected chi connectivity index (χ0v) is 8.99. The second-order valence-corrected chi connectivity index (χ2v) is 3.37. The van der Waals surface area contributed by atoms with Crippen molar-refractivity contribution in [1.82, 2.24) is 14.9 Å². The lowest BCUT2D eigenvalue weighted by Crippen LogP contribution is -2.21. The van der Waals surface area contributed by atoms with Crippen LogP contribution in [-0.4, -0.2) is 42.1 Å². The summed E-state index contributed by atoms with van der Waals surface area (Å²) in [6, 6.07) is 1.70. The van der Waals surface area contributed by atoms with E-state index in [1.165, 1.54) is 0 Å². The summed E-state index contributed by atoms with van der Waals surface area (Å²) in [4.78, 5) is 9.96. The van der Waals surface area contributed by atoms with Gasteiger partial charge in [0.2, 0.25) is 5.95 Å². The molecule has 0 amide bonds. The van der Waals surface area contributed by atoms with Crippen LogP contribution in [-0.2, 0) is 0 Å². The van der Waals surface area contributed by atoms with E-state index in [-0.39, 0.29) is 5.95 Å². The van der Waals surface area contributed by atoms with Gasteiger partial charge in [0, 0.05) is 19.2 Å². The van der Waals surface area contributed by atoms with E-state index < -0.39 is 0 Å². The van der Waals surface area contributed by atoms with E-state index in [1.54, 1.807) is 6.07 Å². The Hall–Kier alpha value is -1.60. The predicted molar refractivity (Wildman–Crippen MR) is 61.3 cm³/mol. The zero-order chi connectivity index (χ0) is 11.3. The van der Waals surface area contributed by atoms with Crippen LogP contribution in [0.3, 0.4) is 0 Å². The number of likely N-dealkylation sites (N-methyl/N-ethyl adjacent to an activating group) is 1. The van der Waals surface area contributed by atoms with Gasteiger partial charge in [-0.2, -0.15) is 9.97 Å². The Kier molecular flexibility index (Phi) is 4.07. The van der Waals surface area contributed by atoms with E-state index >= 15 is 0 Å². The van der Waals surface area contributed by atoms with Crippen LogP contribution in [0.1, 0.15) is 0 Å². The Balaban J connectivity index is 2.56. The molecule has 7 heteroatoms. The number of hydrogen-bond acceptors (Lipinski definition) is 7. The minimum absolute atomic E-state index is 0.192. The highest BCUT2D eigenvalue weighted by molar-refractivity contribution is 5.50. The summed E-state index contributed by atoms with van der Waals surface area (Å²) in [5, 5.41) is 3.12. The topological polar surface area (TPSA) is 105 Å². The molecular weight excluding hydrogens is 194 g/mol. The van der Waals surface area contributed by atoms with Crippen molar-refractivity contribution in [3.63, 3.8) is 0 Å². The summed E-state index contributed by atoms with van der Waals surface area (Å²) in [5.74, 6) is 6.58. The summed E-state index contributed by atoms with van der Waals surface area (Å²) >= 11 is 0. The molecule has 0 saturated heterocycles. The van der Waals surface area contributed by atoms with Gasteiger partial charge in [0.25, 0.3) is 0 Å². The van der Waals surface area contributed by atoms with Crippen molar-refractivity contribution in [3.05, 3.63) is 6.07 Å². The average molecular weight is 211 g/mol. The number of anilines is 3. The molecule has 1 aromatic heterocycles. The molecule has 0 unspecified atom stereocenters. The number of nitrogens with two attached hydrogens (primary N) is 2. The standard InChI is InChI=1S/C8H17N7/c1-15(2)4-3-11-6-5-7(14-10)13-8(9)12-6/h5H,3-4,10H2,1-2H3,(H4,9,11,12,13,14). The molecule has 1 heterocycles. The van der Waals surface area contributed by atoms with Crippen molar-refractivity contribution in [1.29, 1.82) is 0 Å². The molecule has 7 nitrogen and oxygen atoms in total. The maximum absolute atomic E-state index is 5.50. The molecule has 0 aliphatic carbocycles. The highest BCUT2D eigenvalue weighted by Gasteiger charge is 2.00. The van der Waals surface area contributed by atoms with Crippen LogP contribution in [0.5, 0.6) is 0 Å². The fraction of sp³-hybridized carbons (Fsp3) is 0.500. The molecule has 84 valence electrons. The number of nitrogen functional groups attached to an aromatic ring is 2. The first-order valence-corrected chi connectivity index (χ1v) is 4.61. The quantitative estimate of drug-likeness (QED) is 0.377. The average Bonchev–Trinajstić information content (AvgIpc) is 2.16. The first kappa shape index (κ1) is 11.5. The summed E-state index contributed by atoms with van der Waals surface area (Å²) in [5.41, 5.74) is 7.92. The number of rotatable bonds is 5. The smallest absolute Gasteiger partial charge is 0.223 e. The van der Waals surface area contributed by atoms with E-state index in [1.807, 2.05) is 14.1 Å². The third-order valence-electron chi connectivity index (χ3n) is 1.76. The highest BCUT2D eigenvalue weighted by atomic mass is 15.3. The lowest BCUT2D eigenvalue weighted by atomic mass is 10.5. The summed E-state index contributed by atoms with van der Waals surface area (Å²) in [6.45, 7) is 1.70. The van der Waals surface area contributed by atoms with Gasteiger partial charge >= 0.3 is 0 Å². The number of nitrogens with one attached hydrogen (secondary N) is 2. The first-order valence-electron chi connectivity index (χ1n) is 4.61. The van der Waals surface area contributed by atoms with Gasteiger partial charge < -0.3 is 21.4 Å². The van der Waals surface area contributed by atoms with Crippen molar-refractivity contribution in [3.8, 4) is 0 Å². The molecular formula is C8H17N7. The minimum atomic E-state index is 0.192. The Morgan fingerprint density at radius 2 is 2.00 bits per heavy atom. The highest BCUT2D eigenvalue weighted by Crippen LogP contribution is 2.10. The van der Waals surface area contributed by atoms with Crippen molar-refractivity contribution in [2.24, 2.45) is 5.84 Å². The van der Waals surface area contributed by atoms with E-state index in [2.05, 4.69) is 25.6 Å². The third-order valence-corrected chi connectivity index (χ3v) is 1.76. The van der Waals surface area contributed by atoms with Gasteiger partial charge in [-0.05, 0) is 14.1 Å². The zero-order valence-electron chi connectivity index (χ0n) is 8.99. The largest absolute Gasteiger partial charge is 0.369 e. The Bertz CT molecular complexity index is 312. The van der Waals surface area contributed by atoms with E-state index in [9.17, 15) is 0 Å². The fourth-order valence-electron chi connectivity index (χ4n) is 1.04. The monoisotopic (exact) mass is 211 g/mol. The maximum atomic E-state index is 5.50. The van der Waals surface area contributed by atoms with Crippen LogP contribution in [0, 0.1) is 0 Å². The number of aromatic nitrogens is 2. The van der Waals surface area contributed by atoms with Crippen molar-refractivity contribution in [2.45, 2.75) is 0 Å². The number of hydrazine groups is 1.